The van der Waals surface area contributed by atoms with E-state index in [1.807, 2.05) is 0 Å². The lowest BCUT2D eigenvalue weighted by Gasteiger charge is -2.09. The second-order valence-electron chi connectivity index (χ2n) is 3.68. The monoisotopic (exact) mass is 264 g/mol. The number of hydrogen-bond acceptors (Lipinski definition) is 0. The van der Waals surface area contributed by atoms with Crippen LogP contribution in [0.1, 0.15) is 42.5 Å². The fourth-order valence-corrected chi connectivity index (χ4v) is 2.18. The van der Waals surface area contributed by atoms with Gasteiger partial charge in [-0.1, -0.05) is 59.1 Å². The number of terminal acetylenes is 1. The quantitative estimate of drug-likeness (QED) is 0.397. The van der Waals surface area contributed by atoms with Gasteiger partial charge in [-0.25, -0.2) is 0 Å². The van der Waals surface area contributed by atoms with Gasteiger partial charge in [0.1, 0.15) is 0 Å². The highest BCUT2D eigenvalue weighted by molar-refractivity contribution is 9.09. The molecule has 1 aromatic carbocycles. The molecule has 0 spiro atoms. The second-order valence-corrected chi connectivity index (χ2v) is 4.79. The summed E-state index contributed by atoms with van der Waals surface area (Å²) in [5.41, 5.74) is 1.37. The fraction of sp³-hybridized carbons (Fsp3) is 0.429. The van der Waals surface area contributed by atoms with E-state index in [1.54, 1.807) is 0 Å². The Morgan fingerprint density at radius 2 is 1.87 bits per heavy atom. The molecular weight excluding hydrogens is 248 g/mol. The molecule has 0 saturated carbocycles. The van der Waals surface area contributed by atoms with E-state index in [0.29, 0.717) is 4.83 Å². The molecule has 0 aliphatic heterocycles. The van der Waals surface area contributed by atoms with Crippen molar-refractivity contribution in [1.82, 2.24) is 0 Å². The summed E-state index contributed by atoms with van der Waals surface area (Å²) in [5, 5.41) is 0. The van der Waals surface area contributed by atoms with Crippen LogP contribution in [0.15, 0.2) is 30.3 Å². The van der Waals surface area contributed by atoms with Gasteiger partial charge in [-0.3, -0.25) is 0 Å². The first-order chi connectivity index (χ1) is 7.34. The predicted octanol–water partition coefficient (Wildman–Crippen LogP) is 4.71. The van der Waals surface area contributed by atoms with Gasteiger partial charge >= 0.3 is 0 Å². The molecule has 0 N–H and O–H groups in total. The van der Waals surface area contributed by atoms with Gasteiger partial charge in [-0.2, -0.15) is 0 Å². The highest BCUT2D eigenvalue weighted by Gasteiger charge is 2.05. The summed E-state index contributed by atoms with van der Waals surface area (Å²) in [6, 6.07) is 10.6. The van der Waals surface area contributed by atoms with Crippen molar-refractivity contribution in [3.05, 3.63) is 35.9 Å². The number of unbranched alkanes of at least 4 members (excludes halogenated alkanes) is 3. The van der Waals surface area contributed by atoms with E-state index in [1.165, 1.54) is 24.8 Å². The van der Waals surface area contributed by atoms with E-state index in [9.17, 15) is 0 Å². The van der Waals surface area contributed by atoms with Crippen LogP contribution in [-0.4, -0.2) is 0 Å². The Hall–Kier alpha value is -0.740. The third-order valence-corrected chi connectivity index (χ3v) is 3.43. The molecule has 0 amide bonds. The van der Waals surface area contributed by atoms with Crippen molar-refractivity contribution in [2.45, 2.75) is 36.9 Å². The number of rotatable bonds is 6. The summed E-state index contributed by atoms with van der Waals surface area (Å²) in [4.78, 5) is 0.490. The summed E-state index contributed by atoms with van der Waals surface area (Å²) in [7, 11) is 0. The molecule has 1 atom stereocenters. The van der Waals surface area contributed by atoms with Gasteiger partial charge in [0, 0.05) is 11.2 Å². The van der Waals surface area contributed by atoms with Crippen molar-refractivity contribution in [3.8, 4) is 12.3 Å². The third kappa shape index (κ3) is 5.04. The normalized spacial score (nSPS) is 12.0. The smallest absolute Gasteiger partial charge is 0.0395 e. The van der Waals surface area contributed by atoms with Crippen molar-refractivity contribution < 1.29 is 0 Å². The Labute approximate surface area is 101 Å². The van der Waals surface area contributed by atoms with Gasteiger partial charge < -0.3 is 0 Å². The molecule has 80 valence electrons. The van der Waals surface area contributed by atoms with Gasteiger partial charge in [0.2, 0.25) is 0 Å². The van der Waals surface area contributed by atoms with E-state index in [4.69, 9.17) is 6.42 Å². The number of hydrogen-bond donors (Lipinski definition) is 0. The molecule has 1 heteroatoms. The Balaban J connectivity index is 2.20. The van der Waals surface area contributed by atoms with E-state index in [-0.39, 0.29) is 0 Å². The summed E-state index contributed by atoms with van der Waals surface area (Å²) >= 11 is 3.71. The van der Waals surface area contributed by atoms with Crippen LogP contribution < -0.4 is 0 Å². The first kappa shape index (κ1) is 12.3. The van der Waals surface area contributed by atoms with Crippen molar-refractivity contribution in [2.24, 2.45) is 0 Å². The van der Waals surface area contributed by atoms with Gasteiger partial charge in [-0.15, -0.1) is 12.3 Å². The Kier molecular flexibility index (Phi) is 6.20. The first-order valence-corrected chi connectivity index (χ1v) is 6.38. The van der Waals surface area contributed by atoms with Crippen molar-refractivity contribution in [2.75, 3.05) is 0 Å². The lowest BCUT2D eigenvalue weighted by atomic mass is 10.1. The molecule has 0 aliphatic rings. The second kappa shape index (κ2) is 7.54. The molecule has 0 bridgehead atoms. The molecule has 0 aromatic heterocycles. The first-order valence-electron chi connectivity index (χ1n) is 5.47. The van der Waals surface area contributed by atoms with Gasteiger partial charge in [0.05, 0.1) is 0 Å². The van der Waals surface area contributed by atoms with Crippen LogP contribution >= 0.6 is 15.9 Å². The van der Waals surface area contributed by atoms with Crippen LogP contribution in [0, 0.1) is 12.3 Å². The molecule has 0 heterocycles. The third-order valence-electron chi connectivity index (χ3n) is 2.44. The summed E-state index contributed by atoms with van der Waals surface area (Å²) in [5.74, 6) is 2.68. The van der Waals surface area contributed by atoms with Crippen LogP contribution in [0.2, 0.25) is 0 Å². The maximum atomic E-state index is 5.20. The zero-order valence-corrected chi connectivity index (χ0v) is 10.5. The molecule has 15 heavy (non-hydrogen) atoms. The van der Waals surface area contributed by atoms with Crippen molar-refractivity contribution >= 4 is 15.9 Å². The SMILES string of the molecule is C#CCCCCCC(Br)c1ccccc1. The number of alkyl halides is 1. The minimum absolute atomic E-state index is 0.490. The zero-order chi connectivity index (χ0) is 10.9. The maximum Gasteiger partial charge on any atom is 0.0395 e. The summed E-state index contributed by atoms with van der Waals surface area (Å²) in [6.45, 7) is 0. The summed E-state index contributed by atoms with van der Waals surface area (Å²) < 4.78 is 0. The Morgan fingerprint density at radius 3 is 2.53 bits per heavy atom. The van der Waals surface area contributed by atoms with Crippen LogP contribution in [0.25, 0.3) is 0 Å². The molecular formula is C14H17Br. The van der Waals surface area contributed by atoms with Gasteiger partial charge in [-0.05, 0) is 18.4 Å². The topological polar surface area (TPSA) is 0 Å². The lowest BCUT2D eigenvalue weighted by Crippen LogP contribution is -1.89. The highest BCUT2D eigenvalue weighted by atomic mass is 79.9. The predicted molar refractivity (Wildman–Crippen MR) is 70.0 cm³/mol. The van der Waals surface area contributed by atoms with Gasteiger partial charge in [0.25, 0.3) is 0 Å². The number of halogens is 1. The maximum absolute atomic E-state index is 5.20. The van der Waals surface area contributed by atoms with Gasteiger partial charge in [0.15, 0.2) is 0 Å². The van der Waals surface area contributed by atoms with E-state index in [2.05, 4.69) is 52.2 Å². The van der Waals surface area contributed by atoms with Crippen LogP contribution in [0.4, 0.5) is 0 Å². The molecule has 0 radical (unpaired) electrons. The average molecular weight is 265 g/mol. The lowest BCUT2D eigenvalue weighted by molar-refractivity contribution is 0.647. The van der Waals surface area contributed by atoms with Crippen molar-refractivity contribution in [3.63, 3.8) is 0 Å². The minimum Gasteiger partial charge on any atom is -0.120 e. The van der Waals surface area contributed by atoms with Crippen molar-refractivity contribution in [1.29, 1.82) is 0 Å². The molecule has 0 nitrogen and oxygen atoms in total. The average Bonchev–Trinajstić information content (AvgIpc) is 2.30. The molecule has 1 rings (SSSR count). The molecule has 0 fully saturated rings. The zero-order valence-electron chi connectivity index (χ0n) is 8.95. The van der Waals surface area contributed by atoms with Crippen LogP contribution in [0.3, 0.4) is 0 Å². The molecule has 1 unspecified atom stereocenters. The Morgan fingerprint density at radius 1 is 1.13 bits per heavy atom. The standard InChI is InChI=1S/C14H17Br/c1-2-3-4-5-9-12-14(15)13-10-7-6-8-11-13/h1,6-8,10-11,14H,3-5,9,12H2. The highest BCUT2D eigenvalue weighted by Crippen LogP contribution is 2.28. The molecule has 1 aromatic rings. The molecule has 0 aliphatic carbocycles. The van der Waals surface area contributed by atoms with E-state index in [0.717, 1.165) is 12.8 Å². The molecule has 0 saturated heterocycles. The number of benzene rings is 1. The Bertz CT molecular complexity index is 297. The van der Waals surface area contributed by atoms with E-state index < -0.39 is 0 Å². The minimum atomic E-state index is 0.490. The van der Waals surface area contributed by atoms with E-state index >= 15 is 0 Å². The van der Waals surface area contributed by atoms with Crippen LogP contribution in [0.5, 0.6) is 0 Å². The largest absolute Gasteiger partial charge is 0.120 e. The fourth-order valence-electron chi connectivity index (χ4n) is 1.56. The summed E-state index contributed by atoms with van der Waals surface area (Å²) in [6.07, 6.45) is 10.9. The van der Waals surface area contributed by atoms with Crippen LogP contribution in [-0.2, 0) is 0 Å².